The Morgan fingerprint density at radius 2 is 2.00 bits per heavy atom. The maximum Gasteiger partial charge on any atom is 0.305 e. The van der Waals surface area contributed by atoms with E-state index in [9.17, 15) is 14.4 Å². The van der Waals surface area contributed by atoms with Gasteiger partial charge >= 0.3 is 5.97 Å². The Hall–Kier alpha value is -2.37. The van der Waals surface area contributed by atoms with Gasteiger partial charge in [0, 0.05) is 23.7 Å². The zero-order valence-electron chi connectivity index (χ0n) is 10.9. The fourth-order valence-electron chi connectivity index (χ4n) is 1.71. The van der Waals surface area contributed by atoms with Gasteiger partial charge in [0.05, 0.1) is 6.42 Å². The number of aliphatic carboxylic acids is 1. The second-order valence-electron chi connectivity index (χ2n) is 4.74. The van der Waals surface area contributed by atoms with Crippen molar-refractivity contribution in [1.82, 2.24) is 5.32 Å². The van der Waals surface area contributed by atoms with Crippen LogP contribution >= 0.6 is 0 Å². The monoisotopic (exact) mass is 276 g/mol. The third-order valence-corrected chi connectivity index (χ3v) is 2.96. The molecular weight excluding hydrogens is 260 g/mol. The lowest BCUT2D eigenvalue weighted by atomic mass is 10.2. The summed E-state index contributed by atoms with van der Waals surface area (Å²) in [6.07, 6.45) is 1.71. The van der Waals surface area contributed by atoms with Gasteiger partial charge in [0.15, 0.2) is 0 Å². The lowest BCUT2D eigenvalue weighted by molar-refractivity contribution is -0.136. The first-order chi connectivity index (χ1) is 9.56. The van der Waals surface area contributed by atoms with Crippen molar-refractivity contribution < 1.29 is 19.5 Å². The minimum Gasteiger partial charge on any atom is -0.481 e. The molecule has 0 bridgehead atoms. The summed E-state index contributed by atoms with van der Waals surface area (Å²) in [4.78, 5) is 33.8. The van der Waals surface area contributed by atoms with Gasteiger partial charge in [-0.25, -0.2) is 0 Å². The van der Waals surface area contributed by atoms with Gasteiger partial charge in [-0.3, -0.25) is 14.4 Å². The fourth-order valence-corrected chi connectivity index (χ4v) is 1.71. The van der Waals surface area contributed by atoms with E-state index in [1.54, 1.807) is 24.3 Å². The highest BCUT2D eigenvalue weighted by molar-refractivity contribution is 5.98. The number of carboxylic acid groups (broad SMARTS) is 1. The van der Waals surface area contributed by atoms with Gasteiger partial charge in [0.2, 0.25) is 5.91 Å². The van der Waals surface area contributed by atoms with Crippen LogP contribution < -0.4 is 10.6 Å². The molecule has 1 aliphatic rings. The van der Waals surface area contributed by atoms with Crippen LogP contribution in [-0.4, -0.2) is 29.4 Å². The number of carbonyl (C=O) groups excluding carboxylic acids is 2. The first-order valence-corrected chi connectivity index (χ1v) is 6.47. The zero-order chi connectivity index (χ0) is 14.5. The molecule has 0 heterocycles. The summed E-state index contributed by atoms with van der Waals surface area (Å²) < 4.78 is 0. The Morgan fingerprint density at radius 3 is 2.65 bits per heavy atom. The molecule has 0 aliphatic heterocycles. The van der Waals surface area contributed by atoms with Gasteiger partial charge in [-0.2, -0.15) is 0 Å². The van der Waals surface area contributed by atoms with Gasteiger partial charge in [0.25, 0.3) is 5.91 Å². The molecule has 3 N–H and O–H groups in total. The molecule has 2 rings (SSSR count). The van der Waals surface area contributed by atoms with Gasteiger partial charge in [-0.15, -0.1) is 0 Å². The van der Waals surface area contributed by atoms with E-state index < -0.39 is 5.97 Å². The second-order valence-corrected chi connectivity index (χ2v) is 4.74. The zero-order valence-corrected chi connectivity index (χ0v) is 10.9. The highest BCUT2D eigenvalue weighted by Crippen LogP contribution is 2.30. The normalized spacial score (nSPS) is 13.6. The molecule has 0 saturated heterocycles. The average Bonchev–Trinajstić information content (AvgIpc) is 3.22. The van der Waals surface area contributed by atoms with Crippen molar-refractivity contribution in [3.8, 4) is 0 Å². The van der Waals surface area contributed by atoms with Crippen molar-refractivity contribution in [2.75, 3.05) is 11.9 Å². The summed E-state index contributed by atoms with van der Waals surface area (Å²) in [5.74, 6) is -1.24. The molecule has 2 amide bonds. The van der Waals surface area contributed by atoms with E-state index in [2.05, 4.69) is 10.6 Å². The van der Waals surface area contributed by atoms with Crippen molar-refractivity contribution in [1.29, 1.82) is 0 Å². The van der Waals surface area contributed by atoms with E-state index in [1.165, 1.54) is 0 Å². The fraction of sp³-hybridized carbons (Fsp3) is 0.357. The van der Waals surface area contributed by atoms with Crippen molar-refractivity contribution in [3.05, 3.63) is 29.8 Å². The van der Waals surface area contributed by atoms with Gasteiger partial charge in [-0.05, 0) is 31.0 Å². The molecular formula is C14H16N2O4. The number of benzene rings is 1. The van der Waals surface area contributed by atoms with Crippen LogP contribution in [0.25, 0.3) is 0 Å². The van der Waals surface area contributed by atoms with E-state index >= 15 is 0 Å². The summed E-state index contributed by atoms with van der Waals surface area (Å²) in [7, 11) is 0. The summed E-state index contributed by atoms with van der Waals surface area (Å²) in [6, 6.07) is 6.59. The molecule has 1 aromatic carbocycles. The predicted octanol–water partition coefficient (Wildman–Crippen LogP) is 1.24. The number of rotatable bonds is 6. The highest BCUT2D eigenvalue weighted by atomic mass is 16.4. The molecule has 0 unspecified atom stereocenters. The molecule has 1 saturated carbocycles. The van der Waals surface area contributed by atoms with E-state index in [4.69, 9.17) is 5.11 Å². The number of hydrogen-bond acceptors (Lipinski definition) is 3. The highest BCUT2D eigenvalue weighted by Gasteiger charge is 2.29. The first kappa shape index (κ1) is 14.0. The van der Waals surface area contributed by atoms with Crippen LogP contribution in [0.4, 0.5) is 5.69 Å². The molecule has 0 aromatic heterocycles. The van der Waals surface area contributed by atoms with Crippen LogP contribution in [0.2, 0.25) is 0 Å². The SMILES string of the molecule is O=C(O)CCNC(=O)c1cccc(NC(=O)C2CC2)c1. The number of carbonyl (C=O) groups is 3. The Kier molecular flexibility index (Phi) is 4.34. The summed E-state index contributed by atoms with van der Waals surface area (Å²) in [5, 5.41) is 13.8. The minimum absolute atomic E-state index is 0.0200. The molecule has 1 fully saturated rings. The van der Waals surface area contributed by atoms with Gasteiger partial charge < -0.3 is 15.7 Å². The lowest BCUT2D eigenvalue weighted by Gasteiger charge is -2.07. The van der Waals surface area contributed by atoms with Crippen molar-refractivity contribution in [2.24, 2.45) is 5.92 Å². The Morgan fingerprint density at radius 1 is 1.25 bits per heavy atom. The number of anilines is 1. The van der Waals surface area contributed by atoms with Crippen LogP contribution in [0, 0.1) is 5.92 Å². The molecule has 1 aliphatic carbocycles. The van der Waals surface area contributed by atoms with Crippen LogP contribution in [0.5, 0.6) is 0 Å². The predicted molar refractivity (Wildman–Crippen MR) is 72.4 cm³/mol. The third-order valence-electron chi connectivity index (χ3n) is 2.96. The van der Waals surface area contributed by atoms with Crippen molar-refractivity contribution >= 4 is 23.5 Å². The third kappa shape index (κ3) is 4.08. The Labute approximate surface area is 116 Å². The van der Waals surface area contributed by atoms with E-state index in [-0.39, 0.29) is 30.7 Å². The van der Waals surface area contributed by atoms with Crippen LogP contribution in [-0.2, 0) is 9.59 Å². The second kappa shape index (κ2) is 6.18. The molecule has 106 valence electrons. The quantitative estimate of drug-likeness (QED) is 0.728. The van der Waals surface area contributed by atoms with Crippen molar-refractivity contribution in [3.63, 3.8) is 0 Å². The average molecular weight is 276 g/mol. The number of hydrogen-bond donors (Lipinski definition) is 3. The number of nitrogens with one attached hydrogen (secondary N) is 2. The lowest BCUT2D eigenvalue weighted by Crippen LogP contribution is -2.26. The molecule has 6 nitrogen and oxygen atoms in total. The standard InChI is InChI=1S/C14H16N2O4/c17-12(18)6-7-15-13(19)10-2-1-3-11(8-10)16-14(20)9-4-5-9/h1-3,8-9H,4-7H2,(H,15,19)(H,16,20)(H,17,18). The Bertz CT molecular complexity index is 538. The largest absolute Gasteiger partial charge is 0.481 e. The molecule has 1 aromatic rings. The van der Waals surface area contributed by atoms with Crippen LogP contribution in [0.15, 0.2) is 24.3 Å². The van der Waals surface area contributed by atoms with E-state index in [0.29, 0.717) is 11.3 Å². The molecule has 0 radical (unpaired) electrons. The maximum atomic E-state index is 11.8. The molecule has 0 spiro atoms. The van der Waals surface area contributed by atoms with Crippen LogP contribution in [0.3, 0.4) is 0 Å². The van der Waals surface area contributed by atoms with Crippen molar-refractivity contribution in [2.45, 2.75) is 19.3 Å². The van der Waals surface area contributed by atoms with Gasteiger partial charge in [-0.1, -0.05) is 6.07 Å². The van der Waals surface area contributed by atoms with Gasteiger partial charge in [0.1, 0.15) is 0 Å². The topological polar surface area (TPSA) is 95.5 Å². The molecule has 6 heteroatoms. The first-order valence-electron chi connectivity index (χ1n) is 6.47. The Balaban J connectivity index is 1.92. The number of amides is 2. The summed E-state index contributed by atoms with van der Waals surface area (Å²) >= 11 is 0. The number of carboxylic acids is 1. The molecule has 0 atom stereocenters. The minimum atomic E-state index is -0.962. The van der Waals surface area contributed by atoms with E-state index in [1.807, 2.05) is 0 Å². The summed E-state index contributed by atoms with van der Waals surface area (Å²) in [5.41, 5.74) is 0.969. The van der Waals surface area contributed by atoms with E-state index in [0.717, 1.165) is 12.8 Å². The smallest absolute Gasteiger partial charge is 0.305 e. The molecule has 20 heavy (non-hydrogen) atoms. The van der Waals surface area contributed by atoms with Crippen LogP contribution in [0.1, 0.15) is 29.6 Å². The summed E-state index contributed by atoms with van der Waals surface area (Å²) in [6.45, 7) is 0.0762. The maximum absolute atomic E-state index is 11.8.